The molecule has 0 bridgehead atoms. The third-order valence-corrected chi connectivity index (χ3v) is 3.37. The molecular weight excluding hydrogens is 258 g/mol. The number of benzene rings is 1. The van der Waals surface area contributed by atoms with Crippen LogP contribution in [0.5, 0.6) is 0 Å². The number of hydrogen-bond acceptors (Lipinski definition) is 5. The van der Waals surface area contributed by atoms with E-state index in [0.717, 1.165) is 5.56 Å². The van der Waals surface area contributed by atoms with Crippen molar-refractivity contribution in [3.05, 3.63) is 47.5 Å². The Hall–Kier alpha value is -1.71. The smallest absolute Gasteiger partial charge is 0.193 e. The van der Waals surface area contributed by atoms with E-state index in [1.165, 1.54) is 7.11 Å². The molecule has 4 atom stereocenters. The monoisotopic (exact) mass is 273 g/mol. The van der Waals surface area contributed by atoms with E-state index >= 15 is 0 Å². The Balaban J connectivity index is 1.79. The summed E-state index contributed by atoms with van der Waals surface area (Å²) in [7, 11) is 1.51. The first-order valence-corrected chi connectivity index (χ1v) is 6.44. The molecule has 0 N–H and O–H groups in total. The minimum atomic E-state index is -0.637. The Morgan fingerprint density at radius 2 is 2.05 bits per heavy atom. The Labute approximate surface area is 117 Å². The topological polar surface area (TPSA) is 60.7 Å². The van der Waals surface area contributed by atoms with E-state index in [9.17, 15) is 0 Å². The lowest BCUT2D eigenvalue weighted by Crippen LogP contribution is -2.47. The predicted molar refractivity (Wildman–Crippen MR) is 69.4 cm³/mol. The van der Waals surface area contributed by atoms with E-state index in [4.69, 9.17) is 24.2 Å². The molecule has 1 aromatic rings. The minimum Gasteiger partial charge on any atom is -0.351 e. The number of ether oxygens (including phenoxy) is 4. The van der Waals surface area contributed by atoms with E-state index < -0.39 is 12.6 Å². The van der Waals surface area contributed by atoms with Crippen LogP contribution in [0.2, 0.25) is 0 Å². The molecule has 5 heteroatoms. The molecule has 0 radical (unpaired) electrons. The number of nitrogens with zero attached hydrogens (tertiary/aromatic N) is 1. The van der Waals surface area contributed by atoms with Gasteiger partial charge in [0.1, 0.15) is 12.2 Å². The van der Waals surface area contributed by atoms with Crippen molar-refractivity contribution in [1.82, 2.24) is 0 Å². The molecule has 0 unspecified atom stereocenters. The van der Waals surface area contributed by atoms with Crippen molar-refractivity contribution in [3.63, 3.8) is 0 Å². The molecule has 0 aliphatic carbocycles. The van der Waals surface area contributed by atoms with Crippen LogP contribution in [0.3, 0.4) is 0 Å². The number of methoxy groups -OCH3 is 1. The molecule has 2 aliphatic rings. The second-order valence-electron chi connectivity index (χ2n) is 4.65. The molecule has 1 fully saturated rings. The summed E-state index contributed by atoms with van der Waals surface area (Å²) in [5, 5.41) is 9.10. The highest BCUT2D eigenvalue weighted by atomic mass is 16.7. The van der Waals surface area contributed by atoms with Gasteiger partial charge in [-0.3, -0.25) is 0 Å². The third kappa shape index (κ3) is 2.47. The fraction of sp³-hybridized carbons (Fsp3) is 0.400. The Morgan fingerprint density at radius 1 is 1.25 bits per heavy atom. The van der Waals surface area contributed by atoms with Crippen LogP contribution >= 0.6 is 0 Å². The quantitative estimate of drug-likeness (QED) is 0.824. The second-order valence-corrected chi connectivity index (χ2v) is 4.65. The Kier molecular flexibility index (Phi) is 3.81. The van der Waals surface area contributed by atoms with Crippen LogP contribution in [0.25, 0.3) is 0 Å². The summed E-state index contributed by atoms with van der Waals surface area (Å²) in [4.78, 5) is 0. The largest absolute Gasteiger partial charge is 0.351 e. The Bertz CT molecular complexity index is 537. The fourth-order valence-electron chi connectivity index (χ4n) is 2.36. The molecular formula is C15H15NO4. The molecule has 1 saturated heterocycles. The van der Waals surface area contributed by atoms with Crippen LogP contribution in [0, 0.1) is 11.3 Å². The maximum absolute atomic E-state index is 9.10. The second kappa shape index (κ2) is 5.73. The molecule has 2 heterocycles. The summed E-state index contributed by atoms with van der Waals surface area (Å²) < 4.78 is 22.3. The first-order chi connectivity index (χ1) is 9.81. The average molecular weight is 273 g/mol. The average Bonchev–Trinajstić information content (AvgIpc) is 2.53. The van der Waals surface area contributed by atoms with E-state index in [0.29, 0.717) is 12.2 Å². The van der Waals surface area contributed by atoms with Crippen molar-refractivity contribution < 1.29 is 18.9 Å². The molecule has 0 saturated carbocycles. The van der Waals surface area contributed by atoms with Crippen molar-refractivity contribution in [2.75, 3.05) is 13.7 Å². The van der Waals surface area contributed by atoms with Crippen molar-refractivity contribution in [2.45, 2.75) is 24.8 Å². The zero-order valence-corrected chi connectivity index (χ0v) is 11.1. The summed E-state index contributed by atoms with van der Waals surface area (Å²) in [6.07, 6.45) is 0.144. The van der Waals surface area contributed by atoms with Gasteiger partial charge in [-0.15, -0.1) is 0 Å². The van der Waals surface area contributed by atoms with Gasteiger partial charge >= 0.3 is 0 Å². The van der Waals surface area contributed by atoms with Crippen LogP contribution in [-0.4, -0.2) is 32.2 Å². The van der Waals surface area contributed by atoms with Gasteiger partial charge in [-0.05, 0) is 6.08 Å². The van der Waals surface area contributed by atoms with Gasteiger partial charge in [-0.1, -0.05) is 30.3 Å². The molecule has 5 nitrogen and oxygen atoms in total. The predicted octanol–water partition coefficient (Wildman–Crippen LogP) is 1.92. The van der Waals surface area contributed by atoms with Gasteiger partial charge in [-0.2, -0.15) is 5.26 Å². The van der Waals surface area contributed by atoms with Crippen molar-refractivity contribution in [2.24, 2.45) is 0 Å². The lowest BCUT2D eigenvalue weighted by Gasteiger charge is -2.39. The molecule has 3 rings (SSSR count). The van der Waals surface area contributed by atoms with E-state index in [2.05, 4.69) is 6.07 Å². The fourth-order valence-corrected chi connectivity index (χ4v) is 2.36. The molecule has 20 heavy (non-hydrogen) atoms. The molecule has 104 valence electrons. The molecule has 0 amide bonds. The van der Waals surface area contributed by atoms with Gasteiger partial charge in [0.05, 0.1) is 18.2 Å². The number of fused-ring (bicyclic) bond motifs is 1. The molecule has 1 aromatic carbocycles. The van der Waals surface area contributed by atoms with Crippen LogP contribution in [0.4, 0.5) is 0 Å². The lowest BCUT2D eigenvalue weighted by molar-refractivity contribution is -0.282. The Morgan fingerprint density at radius 3 is 2.75 bits per heavy atom. The van der Waals surface area contributed by atoms with E-state index in [1.54, 1.807) is 6.08 Å². The minimum absolute atomic E-state index is 0.253. The highest BCUT2D eigenvalue weighted by Gasteiger charge is 2.38. The van der Waals surface area contributed by atoms with Crippen LogP contribution in [0.1, 0.15) is 11.9 Å². The normalized spacial score (nSPS) is 32.9. The molecule has 0 aromatic heterocycles. The van der Waals surface area contributed by atoms with Gasteiger partial charge < -0.3 is 18.9 Å². The first kappa shape index (κ1) is 13.3. The summed E-state index contributed by atoms with van der Waals surface area (Å²) >= 11 is 0. The van der Waals surface area contributed by atoms with Crippen LogP contribution < -0.4 is 0 Å². The number of rotatable bonds is 2. The highest BCUT2D eigenvalue weighted by Crippen LogP contribution is 2.32. The summed E-state index contributed by atoms with van der Waals surface area (Å²) in [5.41, 5.74) is 1.38. The van der Waals surface area contributed by atoms with E-state index in [1.807, 2.05) is 30.3 Å². The van der Waals surface area contributed by atoms with Gasteiger partial charge in [0.15, 0.2) is 12.6 Å². The van der Waals surface area contributed by atoms with Gasteiger partial charge in [0, 0.05) is 12.7 Å². The van der Waals surface area contributed by atoms with Gasteiger partial charge in [0.2, 0.25) is 0 Å². The lowest BCUT2D eigenvalue weighted by atomic mass is 10.1. The first-order valence-electron chi connectivity index (χ1n) is 6.44. The summed E-state index contributed by atoms with van der Waals surface area (Å²) in [6, 6.07) is 11.8. The summed E-state index contributed by atoms with van der Waals surface area (Å²) in [5.74, 6) is 0. The third-order valence-electron chi connectivity index (χ3n) is 3.37. The zero-order valence-electron chi connectivity index (χ0n) is 11.1. The van der Waals surface area contributed by atoms with Gasteiger partial charge in [-0.25, -0.2) is 0 Å². The number of hydrogen-bond donors (Lipinski definition) is 0. The highest BCUT2D eigenvalue weighted by molar-refractivity contribution is 5.28. The van der Waals surface area contributed by atoms with Crippen molar-refractivity contribution >= 4 is 0 Å². The molecule has 2 aliphatic heterocycles. The van der Waals surface area contributed by atoms with Crippen LogP contribution in [-0.2, 0) is 18.9 Å². The maximum atomic E-state index is 9.10. The van der Waals surface area contributed by atoms with E-state index in [-0.39, 0.29) is 12.2 Å². The summed E-state index contributed by atoms with van der Waals surface area (Å²) in [6.45, 7) is 0.402. The van der Waals surface area contributed by atoms with Crippen LogP contribution in [0.15, 0.2) is 42.0 Å². The molecule has 0 spiro atoms. The SMILES string of the molecule is CO[C@@H]1O[C@@H]2CO[C@@H](c3ccccc3)O[C@H]2C=C1C#N. The van der Waals surface area contributed by atoms with Gasteiger partial charge in [0.25, 0.3) is 0 Å². The van der Waals surface area contributed by atoms with Crippen molar-refractivity contribution in [1.29, 1.82) is 5.26 Å². The maximum Gasteiger partial charge on any atom is 0.193 e. The zero-order chi connectivity index (χ0) is 13.9. The number of nitriles is 1. The standard InChI is InChI=1S/C15H15NO4/c1-17-14-11(8-16)7-12-13(20-14)9-18-15(19-12)10-5-3-2-4-6-10/h2-7,12-15H,9H2,1H3/t12-,13+,14+,15+/m0/s1. The van der Waals surface area contributed by atoms with Crippen molar-refractivity contribution in [3.8, 4) is 6.07 Å².